The number of carbonyl (C=O) groups is 2. The van der Waals surface area contributed by atoms with Gasteiger partial charge in [0.1, 0.15) is 12.1 Å². The van der Waals surface area contributed by atoms with E-state index in [2.05, 4.69) is 50.5 Å². The topological polar surface area (TPSA) is 126 Å². The van der Waals surface area contributed by atoms with Gasteiger partial charge >= 0.3 is 11.9 Å². The predicted molar refractivity (Wildman–Crippen MR) is 246 cm³/mol. The Morgan fingerprint density at radius 2 is 0.954 bits per heavy atom. The van der Waals surface area contributed by atoms with Gasteiger partial charge in [0.25, 0.3) is 0 Å². The highest BCUT2D eigenvalue weighted by atomic mass is 16.5. The van der Waals surface area contributed by atoms with Crippen molar-refractivity contribution in [2.24, 2.45) is 0 Å². The van der Waals surface area contributed by atoms with Gasteiger partial charge in [-0.15, -0.1) is 0 Å². The lowest BCUT2D eigenvalue weighted by atomic mass is 9.85. The molecule has 0 aliphatic carbocycles. The SMILES string of the molecule is COc1ccc(CC2c3cc(OC)c(OC)cc3CC[N+]2(C)CCCOC(=O)/C=C\C(=O)OCCC[N+]2(C)CCc3cc(OC)c(OC)cc3C2c2ccc(OC)c(OC)c2)cc1OC. The zero-order chi connectivity index (χ0) is 46.7. The van der Waals surface area contributed by atoms with Gasteiger partial charge in [-0.3, -0.25) is 0 Å². The third-order valence-electron chi connectivity index (χ3n) is 13.2. The van der Waals surface area contributed by atoms with Gasteiger partial charge in [-0.1, -0.05) is 6.07 Å². The average Bonchev–Trinajstić information content (AvgIpc) is 3.33. The van der Waals surface area contributed by atoms with Crippen molar-refractivity contribution in [3.63, 3.8) is 0 Å². The van der Waals surface area contributed by atoms with Gasteiger partial charge in [0.2, 0.25) is 0 Å². The summed E-state index contributed by atoms with van der Waals surface area (Å²) in [5.74, 6) is 4.19. The van der Waals surface area contributed by atoms with Gasteiger partial charge < -0.3 is 56.3 Å². The van der Waals surface area contributed by atoms with E-state index in [-0.39, 0.29) is 25.3 Å². The molecule has 0 N–H and O–H groups in total. The van der Waals surface area contributed by atoms with Crippen molar-refractivity contribution >= 4 is 11.9 Å². The maximum atomic E-state index is 12.8. The van der Waals surface area contributed by atoms with Crippen LogP contribution < -0.4 is 37.9 Å². The monoisotopic (exact) mass is 898 g/mol. The lowest BCUT2D eigenvalue weighted by Gasteiger charge is -2.46. The third-order valence-corrected chi connectivity index (χ3v) is 13.2. The van der Waals surface area contributed by atoms with E-state index in [1.807, 2.05) is 24.3 Å². The fourth-order valence-corrected chi connectivity index (χ4v) is 9.64. The zero-order valence-corrected chi connectivity index (χ0v) is 39.7. The van der Waals surface area contributed by atoms with Crippen molar-refractivity contribution < 1.29 is 65.9 Å². The third kappa shape index (κ3) is 10.9. The molecule has 0 spiro atoms. The Morgan fingerprint density at radius 1 is 0.523 bits per heavy atom. The Bertz CT molecular complexity index is 2330. The molecule has 4 atom stereocenters. The normalized spacial score (nSPS) is 19.9. The van der Waals surface area contributed by atoms with Crippen LogP contribution >= 0.6 is 0 Å². The lowest BCUT2D eigenvalue weighted by Crippen LogP contribution is -2.52. The molecular formula is C51H66N2O12+2. The summed E-state index contributed by atoms with van der Waals surface area (Å²) in [7, 11) is 17.6. The van der Waals surface area contributed by atoms with Gasteiger partial charge in [-0.05, 0) is 71.3 Å². The molecule has 2 aliphatic rings. The van der Waals surface area contributed by atoms with E-state index in [1.54, 1.807) is 56.9 Å². The first-order chi connectivity index (χ1) is 31.4. The first-order valence-corrected chi connectivity index (χ1v) is 22.0. The summed E-state index contributed by atoms with van der Waals surface area (Å²) in [5.41, 5.74) is 6.91. The molecule has 4 unspecified atom stereocenters. The molecule has 0 bridgehead atoms. The van der Waals surface area contributed by atoms with E-state index in [9.17, 15) is 9.59 Å². The van der Waals surface area contributed by atoms with Crippen LogP contribution in [0.15, 0.2) is 72.8 Å². The van der Waals surface area contributed by atoms with Crippen LogP contribution in [0.1, 0.15) is 58.3 Å². The van der Waals surface area contributed by atoms with Crippen LogP contribution in [0.25, 0.3) is 0 Å². The number of methoxy groups -OCH3 is 8. The molecule has 350 valence electrons. The molecule has 14 nitrogen and oxygen atoms in total. The van der Waals surface area contributed by atoms with Crippen LogP contribution in [-0.4, -0.2) is 131 Å². The Hall–Kier alpha value is -6.12. The lowest BCUT2D eigenvalue weighted by molar-refractivity contribution is -0.941. The number of ether oxygens (including phenoxy) is 10. The number of carbonyl (C=O) groups excluding carboxylic acids is 2. The summed E-state index contributed by atoms with van der Waals surface area (Å²) in [6.07, 6.45) is 5.92. The summed E-state index contributed by atoms with van der Waals surface area (Å²) < 4.78 is 57.7. The first kappa shape index (κ1) is 48.3. The van der Waals surface area contributed by atoms with Crippen LogP contribution in [0.2, 0.25) is 0 Å². The minimum Gasteiger partial charge on any atom is -0.493 e. The fraction of sp³-hybridized carbons (Fsp3) is 0.451. The molecule has 2 aliphatic heterocycles. The minimum absolute atomic E-state index is 0.0711. The summed E-state index contributed by atoms with van der Waals surface area (Å²) in [4.78, 5) is 25.6. The van der Waals surface area contributed by atoms with E-state index in [0.29, 0.717) is 69.9 Å². The second kappa shape index (κ2) is 21.7. The highest BCUT2D eigenvalue weighted by Gasteiger charge is 2.42. The van der Waals surface area contributed by atoms with E-state index >= 15 is 0 Å². The Kier molecular flexibility index (Phi) is 16.1. The molecular weight excluding hydrogens is 833 g/mol. The number of likely N-dealkylation sites (N-methyl/N-ethyl adjacent to an activating group) is 2. The van der Waals surface area contributed by atoms with Crippen molar-refractivity contribution in [2.75, 3.05) is 110 Å². The number of quaternary nitrogens is 2. The van der Waals surface area contributed by atoms with Crippen molar-refractivity contribution in [1.29, 1.82) is 0 Å². The second-order valence-electron chi connectivity index (χ2n) is 17.0. The highest BCUT2D eigenvalue weighted by Crippen LogP contribution is 2.46. The standard InChI is InChI=1S/C51H66N2O12/c1-52(23-19-35-29-45(60-7)47(62-9)32-38(35)40(52)27-34-13-15-41(56-3)43(28-34)58-5)21-11-25-64-49(54)17-18-50(55)65-26-12-22-53(2)24-20-36-30-46(61-8)48(63-10)33-39(36)51(53)37-14-16-42(57-4)44(31-37)59-6/h13-18,28-33,40,51H,11-12,19-27H2,1-10H3/q+2/b18-17-. The fourth-order valence-electron chi connectivity index (χ4n) is 9.64. The molecule has 0 fully saturated rings. The summed E-state index contributed by atoms with van der Waals surface area (Å²) in [6, 6.07) is 20.4. The zero-order valence-electron chi connectivity index (χ0n) is 39.7. The number of rotatable bonds is 21. The van der Waals surface area contributed by atoms with Crippen LogP contribution in [0.5, 0.6) is 46.0 Å². The summed E-state index contributed by atoms with van der Waals surface area (Å²) >= 11 is 0. The Morgan fingerprint density at radius 3 is 1.49 bits per heavy atom. The average molecular weight is 899 g/mol. The molecule has 4 aromatic rings. The molecule has 4 aromatic carbocycles. The van der Waals surface area contributed by atoms with Gasteiger partial charge in [0.05, 0.1) is 110 Å². The van der Waals surface area contributed by atoms with Crippen LogP contribution in [-0.2, 0) is 38.3 Å². The summed E-state index contributed by atoms with van der Waals surface area (Å²) in [6.45, 7) is 3.58. The van der Waals surface area contributed by atoms with Crippen LogP contribution in [0.4, 0.5) is 0 Å². The van der Waals surface area contributed by atoms with Crippen LogP contribution in [0.3, 0.4) is 0 Å². The Labute approximate surface area is 383 Å². The smallest absolute Gasteiger partial charge is 0.331 e. The predicted octanol–water partition coefficient (Wildman–Crippen LogP) is 7.26. The number of benzene rings is 4. The van der Waals surface area contributed by atoms with Crippen LogP contribution in [0, 0.1) is 0 Å². The van der Waals surface area contributed by atoms with Crippen molar-refractivity contribution in [2.45, 2.75) is 44.2 Å². The molecule has 65 heavy (non-hydrogen) atoms. The molecule has 0 saturated heterocycles. The number of hydrogen-bond acceptors (Lipinski definition) is 12. The van der Waals surface area contributed by atoms with Crippen molar-refractivity contribution in [3.05, 3.63) is 106 Å². The number of esters is 2. The second-order valence-corrected chi connectivity index (χ2v) is 17.0. The largest absolute Gasteiger partial charge is 0.493 e. The quantitative estimate of drug-likeness (QED) is 0.0362. The van der Waals surface area contributed by atoms with Crippen molar-refractivity contribution in [3.8, 4) is 46.0 Å². The molecule has 0 saturated carbocycles. The first-order valence-electron chi connectivity index (χ1n) is 22.0. The number of fused-ring (bicyclic) bond motifs is 2. The number of nitrogens with zero attached hydrogens (tertiary/aromatic N) is 2. The van der Waals surface area contributed by atoms with Gasteiger partial charge in [-0.2, -0.15) is 0 Å². The Balaban J connectivity index is 1.05. The molecule has 0 amide bonds. The van der Waals surface area contributed by atoms with E-state index in [4.69, 9.17) is 47.4 Å². The molecule has 6 rings (SSSR count). The maximum absolute atomic E-state index is 12.8. The van der Waals surface area contributed by atoms with E-state index < -0.39 is 11.9 Å². The molecule has 2 heterocycles. The maximum Gasteiger partial charge on any atom is 0.331 e. The van der Waals surface area contributed by atoms with Gasteiger partial charge in [-0.25, -0.2) is 9.59 Å². The number of hydrogen-bond donors (Lipinski definition) is 0. The van der Waals surface area contributed by atoms with Gasteiger partial charge in [0, 0.05) is 60.9 Å². The molecule has 0 aromatic heterocycles. The van der Waals surface area contributed by atoms with E-state index in [1.165, 1.54) is 16.7 Å². The minimum atomic E-state index is -0.600. The van der Waals surface area contributed by atoms with Gasteiger partial charge in [0.15, 0.2) is 46.0 Å². The highest BCUT2D eigenvalue weighted by molar-refractivity contribution is 5.91. The molecule has 14 heteroatoms. The van der Waals surface area contributed by atoms with E-state index in [0.717, 1.165) is 72.2 Å². The molecule has 0 radical (unpaired) electrons. The summed E-state index contributed by atoms with van der Waals surface area (Å²) in [5, 5.41) is 0. The van der Waals surface area contributed by atoms with Crippen molar-refractivity contribution in [1.82, 2.24) is 0 Å².